The Hall–Kier alpha value is -1.58. The molecule has 0 radical (unpaired) electrons. The van der Waals surface area contributed by atoms with Crippen LogP contribution < -0.4 is 5.32 Å². The van der Waals surface area contributed by atoms with Crippen molar-refractivity contribution in [2.75, 3.05) is 18.2 Å². The minimum absolute atomic E-state index is 0.114. The molecule has 1 atom stereocenters. The van der Waals surface area contributed by atoms with Crippen molar-refractivity contribution in [2.24, 2.45) is 0 Å². The monoisotopic (exact) mass is 383 g/mol. The molecular formula is C15H17N3O3S3. The number of carbonyl (C=O) groups excluding carboxylic acids is 2. The van der Waals surface area contributed by atoms with E-state index in [0.29, 0.717) is 9.47 Å². The highest BCUT2D eigenvalue weighted by atomic mass is 32.2. The Balaban J connectivity index is 1.79. The molecule has 0 fully saturated rings. The molecule has 0 aliphatic carbocycles. The van der Waals surface area contributed by atoms with Crippen molar-refractivity contribution in [1.82, 2.24) is 10.2 Å². The number of nitrogens with zero attached hydrogens (tertiary/aromatic N) is 2. The predicted molar refractivity (Wildman–Crippen MR) is 98.5 cm³/mol. The number of anilines is 1. The van der Waals surface area contributed by atoms with E-state index in [2.05, 4.69) is 20.3 Å². The van der Waals surface area contributed by atoms with Crippen LogP contribution in [-0.4, -0.2) is 40.2 Å². The van der Waals surface area contributed by atoms with E-state index in [1.807, 2.05) is 37.3 Å². The number of methoxy groups -OCH3 is 1. The average molecular weight is 384 g/mol. The molecule has 1 heterocycles. The zero-order chi connectivity index (χ0) is 17.4. The number of rotatable bonds is 8. The van der Waals surface area contributed by atoms with Gasteiger partial charge in [0.15, 0.2) is 4.34 Å². The third kappa shape index (κ3) is 6.14. The van der Waals surface area contributed by atoms with Gasteiger partial charge in [0.05, 0.1) is 18.1 Å². The molecule has 2 aromatic rings. The van der Waals surface area contributed by atoms with Crippen LogP contribution in [0.15, 0.2) is 34.7 Å². The summed E-state index contributed by atoms with van der Waals surface area (Å²) in [5.74, 6) is 0.497. The highest BCUT2D eigenvalue weighted by Gasteiger charge is 2.16. The second-order valence-corrected chi connectivity index (χ2v) is 8.20. The SMILES string of the molecule is COC(=O)CSc1nnc(NC(=O)[C@H](C)SCc2ccccc2)s1. The molecule has 128 valence electrons. The van der Waals surface area contributed by atoms with E-state index in [-0.39, 0.29) is 22.9 Å². The molecule has 2 rings (SSSR count). The maximum Gasteiger partial charge on any atom is 0.316 e. The summed E-state index contributed by atoms with van der Waals surface area (Å²) in [7, 11) is 1.34. The van der Waals surface area contributed by atoms with Crippen LogP contribution in [-0.2, 0) is 20.1 Å². The van der Waals surface area contributed by atoms with Gasteiger partial charge in [0.2, 0.25) is 11.0 Å². The van der Waals surface area contributed by atoms with Crippen molar-refractivity contribution >= 4 is 51.9 Å². The van der Waals surface area contributed by atoms with Crippen LogP contribution in [0.2, 0.25) is 0 Å². The summed E-state index contributed by atoms with van der Waals surface area (Å²) in [5.41, 5.74) is 1.18. The van der Waals surface area contributed by atoms with Gasteiger partial charge in [-0.15, -0.1) is 22.0 Å². The minimum atomic E-state index is -0.327. The van der Waals surface area contributed by atoms with Gasteiger partial charge in [0.1, 0.15) is 0 Å². The number of carbonyl (C=O) groups is 2. The van der Waals surface area contributed by atoms with Crippen LogP contribution in [0.5, 0.6) is 0 Å². The van der Waals surface area contributed by atoms with Crippen LogP contribution in [0.1, 0.15) is 12.5 Å². The molecule has 24 heavy (non-hydrogen) atoms. The van der Waals surface area contributed by atoms with E-state index >= 15 is 0 Å². The topological polar surface area (TPSA) is 81.2 Å². The molecule has 0 saturated heterocycles. The van der Waals surface area contributed by atoms with Gasteiger partial charge in [0.25, 0.3) is 0 Å². The maximum absolute atomic E-state index is 12.2. The van der Waals surface area contributed by atoms with Gasteiger partial charge in [-0.1, -0.05) is 53.4 Å². The van der Waals surface area contributed by atoms with Gasteiger partial charge in [-0.05, 0) is 12.5 Å². The number of aromatic nitrogens is 2. The third-order valence-corrected chi connectivity index (χ3v) is 6.05. The molecule has 9 heteroatoms. The Bertz CT molecular complexity index is 679. The molecule has 0 bridgehead atoms. The summed E-state index contributed by atoms with van der Waals surface area (Å²) in [6.45, 7) is 1.86. The molecule has 1 amide bonds. The number of ether oxygens (including phenoxy) is 1. The van der Waals surface area contributed by atoms with Gasteiger partial charge in [-0.25, -0.2) is 0 Å². The van der Waals surface area contributed by atoms with Gasteiger partial charge in [0, 0.05) is 5.75 Å². The van der Waals surface area contributed by atoms with Crippen molar-refractivity contribution in [1.29, 1.82) is 0 Å². The highest BCUT2D eigenvalue weighted by molar-refractivity contribution is 8.01. The van der Waals surface area contributed by atoms with Crippen LogP contribution >= 0.6 is 34.9 Å². The first-order valence-electron chi connectivity index (χ1n) is 7.08. The first-order chi connectivity index (χ1) is 11.6. The standard InChI is InChI=1S/C15H17N3O3S3/c1-10(22-8-11-6-4-3-5-7-11)13(20)16-14-17-18-15(24-14)23-9-12(19)21-2/h3-7,10H,8-9H2,1-2H3,(H,16,17,20)/t10-/m0/s1. The quantitative estimate of drug-likeness (QED) is 0.426. The van der Waals surface area contributed by atoms with Crippen LogP contribution in [0.3, 0.4) is 0 Å². The lowest BCUT2D eigenvalue weighted by Gasteiger charge is -2.10. The summed E-state index contributed by atoms with van der Waals surface area (Å²) in [6.07, 6.45) is 0. The van der Waals surface area contributed by atoms with E-state index in [9.17, 15) is 9.59 Å². The second-order valence-electron chi connectivity index (χ2n) is 4.67. The van der Waals surface area contributed by atoms with Crippen LogP contribution in [0.4, 0.5) is 5.13 Å². The zero-order valence-electron chi connectivity index (χ0n) is 13.2. The number of thioether (sulfide) groups is 2. The summed E-state index contributed by atoms with van der Waals surface area (Å²) in [5, 5.41) is 10.8. The normalized spacial score (nSPS) is 11.8. The number of nitrogens with one attached hydrogen (secondary N) is 1. The highest BCUT2D eigenvalue weighted by Crippen LogP contribution is 2.26. The van der Waals surface area contributed by atoms with Crippen molar-refractivity contribution in [3.05, 3.63) is 35.9 Å². The molecule has 1 N–H and O–H groups in total. The van der Waals surface area contributed by atoms with E-state index < -0.39 is 0 Å². The lowest BCUT2D eigenvalue weighted by Crippen LogP contribution is -2.22. The predicted octanol–water partition coefficient (Wildman–Crippen LogP) is 3.06. The van der Waals surface area contributed by atoms with Gasteiger partial charge < -0.3 is 4.74 Å². The van der Waals surface area contributed by atoms with Crippen molar-refractivity contribution in [3.8, 4) is 0 Å². The van der Waals surface area contributed by atoms with E-state index in [0.717, 1.165) is 5.75 Å². The van der Waals surface area contributed by atoms with Gasteiger partial charge >= 0.3 is 5.97 Å². The number of hydrogen-bond acceptors (Lipinski definition) is 8. The Morgan fingerprint density at radius 1 is 1.29 bits per heavy atom. The van der Waals surface area contributed by atoms with E-state index in [1.54, 1.807) is 11.8 Å². The molecule has 1 aromatic heterocycles. The fourth-order valence-corrected chi connectivity index (χ4v) is 4.01. The molecule has 0 aliphatic heterocycles. The number of esters is 1. The van der Waals surface area contributed by atoms with E-state index in [1.165, 1.54) is 35.8 Å². The van der Waals surface area contributed by atoms with Crippen molar-refractivity contribution in [2.45, 2.75) is 22.3 Å². The first kappa shape index (κ1) is 18.8. The number of benzene rings is 1. The first-order valence-corrected chi connectivity index (χ1v) is 9.93. The molecule has 6 nitrogen and oxygen atoms in total. The van der Waals surface area contributed by atoms with Gasteiger partial charge in [-0.3, -0.25) is 14.9 Å². The van der Waals surface area contributed by atoms with Crippen LogP contribution in [0, 0.1) is 0 Å². The lowest BCUT2D eigenvalue weighted by atomic mass is 10.2. The fourth-order valence-electron chi connectivity index (χ4n) is 1.58. The fraction of sp³-hybridized carbons (Fsp3) is 0.333. The lowest BCUT2D eigenvalue weighted by molar-refractivity contribution is -0.137. The maximum atomic E-state index is 12.2. The summed E-state index contributed by atoms with van der Waals surface area (Å²) in [4.78, 5) is 23.3. The van der Waals surface area contributed by atoms with Gasteiger partial charge in [-0.2, -0.15) is 0 Å². The van der Waals surface area contributed by atoms with Crippen molar-refractivity contribution < 1.29 is 14.3 Å². The van der Waals surface area contributed by atoms with Crippen molar-refractivity contribution in [3.63, 3.8) is 0 Å². The average Bonchev–Trinajstić information content (AvgIpc) is 3.05. The minimum Gasteiger partial charge on any atom is -0.468 e. The van der Waals surface area contributed by atoms with E-state index in [4.69, 9.17) is 0 Å². The summed E-state index contributed by atoms with van der Waals surface area (Å²) >= 11 is 4.03. The Kier molecular flexibility index (Phi) is 7.54. The molecule has 0 spiro atoms. The zero-order valence-corrected chi connectivity index (χ0v) is 15.7. The number of hydrogen-bond donors (Lipinski definition) is 1. The second kappa shape index (κ2) is 9.65. The summed E-state index contributed by atoms with van der Waals surface area (Å²) in [6, 6.07) is 10.0. The molecule has 0 aliphatic rings. The molecule has 0 unspecified atom stereocenters. The largest absolute Gasteiger partial charge is 0.468 e. The molecule has 1 aromatic carbocycles. The number of amides is 1. The van der Waals surface area contributed by atoms with Crippen LogP contribution in [0.25, 0.3) is 0 Å². The molecule has 0 saturated carbocycles. The third-order valence-electron chi connectivity index (χ3n) is 2.89. The molecular weight excluding hydrogens is 366 g/mol. The Labute approximate surface area is 152 Å². The summed E-state index contributed by atoms with van der Waals surface area (Å²) < 4.78 is 5.17. The smallest absolute Gasteiger partial charge is 0.316 e. The Morgan fingerprint density at radius 2 is 2.04 bits per heavy atom. The Morgan fingerprint density at radius 3 is 2.75 bits per heavy atom.